The van der Waals surface area contributed by atoms with E-state index in [1.165, 1.54) is 0 Å². The van der Waals surface area contributed by atoms with Crippen molar-refractivity contribution in [3.8, 4) is 0 Å². The molecule has 1 unspecified atom stereocenters. The van der Waals surface area contributed by atoms with Gasteiger partial charge in [-0.05, 0) is 45.7 Å². The molecule has 0 amide bonds. The van der Waals surface area contributed by atoms with Crippen molar-refractivity contribution in [1.29, 1.82) is 0 Å². The Kier molecular flexibility index (Phi) is 6.65. The molecule has 126 valence electrons. The number of nitrogens with one attached hydrogen (secondary N) is 2. The van der Waals surface area contributed by atoms with Crippen molar-refractivity contribution in [3.63, 3.8) is 0 Å². The van der Waals surface area contributed by atoms with E-state index >= 15 is 0 Å². The fraction of sp³-hybridized carbons (Fsp3) is 0.562. The van der Waals surface area contributed by atoms with Crippen molar-refractivity contribution in [3.05, 3.63) is 36.3 Å². The van der Waals surface area contributed by atoms with E-state index in [4.69, 9.17) is 4.42 Å². The minimum absolute atomic E-state index is 0.0820. The molecule has 23 heavy (non-hydrogen) atoms. The number of aryl methyl sites for hydroxylation is 2. The molecule has 1 atom stereocenters. The molecule has 0 aromatic carbocycles. The zero-order valence-electron chi connectivity index (χ0n) is 14.1. The van der Waals surface area contributed by atoms with Gasteiger partial charge in [-0.1, -0.05) is 0 Å². The molecule has 2 aromatic rings. The summed E-state index contributed by atoms with van der Waals surface area (Å²) < 4.78 is 7.63. The Morgan fingerprint density at radius 1 is 1.30 bits per heavy atom. The highest BCUT2D eigenvalue weighted by Gasteiger charge is 2.10. The highest BCUT2D eigenvalue weighted by molar-refractivity contribution is 5.80. The summed E-state index contributed by atoms with van der Waals surface area (Å²) in [4.78, 5) is 4.62. The van der Waals surface area contributed by atoms with Crippen molar-refractivity contribution < 1.29 is 4.42 Å². The Bertz CT molecular complexity index is 589. The van der Waals surface area contributed by atoms with Crippen LogP contribution in [-0.4, -0.2) is 33.8 Å². The fourth-order valence-corrected chi connectivity index (χ4v) is 2.22. The third kappa shape index (κ3) is 5.77. The molecule has 0 bridgehead atoms. The molecule has 2 heterocycles. The first-order valence-electron chi connectivity index (χ1n) is 8.12. The Balaban J connectivity index is 1.77. The summed E-state index contributed by atoms with van der Waals surface area (Å²) in [6.45, 7) is 8.61. The lowest BCUT2D eigenvalue weighted by molar-refractivity contribution is 0.441. The average Bonchev–Trinajstić information content (AvgIpc) is 3.18. The molecule has 7 heteroatoms. The fourth-order valence-electron chi connectivity index (χ4n) is 2.22. The molecule has 0 aliphatic heterocycles. The zero-order chi connectivity index (χ0) is 16.5. The van der Waals surface area contributed by atoms with Gasteiger partial charge in [0, 0.05) is 19.6 Å². The van der Waals surface area contributed by atoms with E-state index in [2.05, 4.69) is 39.7 Å². The Morgan fingerprint density at radius 2 is 2.09 bits per heavy atom. The van der Waals surface area contributed by atoms with Gasteiger partial charge in [0.05, 0.1) is 6.04 Å². The van der Waals surface area contributed by atoms with Crippen molar-refractivity contribution in [1.82, 2.24) is 25.4 Å². The number of unbranched alkanes of at least 4 members (excludes halogenated alkanes) is 1. The van der Waals surface area contributed by atoms with Gasteiger partial charge in [0.15, 0.2) is 5.96 Å². The monoisotopic (exact) mass is 318 g/mol. The zero-order valence-corrected chi connectivity index (χ0v) is 14.1. The Morgan fingerprint density at radius 3 is 2.74 bits per heavy atom. The average molecular weight is 318 g/mol. The lowest BCUT2D eigenvalue weighted by atomic mass is 10.2. The summed E-state index contributed by atoms with van der Waals surface area (Å²) in [6.07, 6.45) is 5.54. The number of furan rings is 1. The lowest BCUT2D eigenvalue weighted by Crippen LogP contribution is -2.38. The molecule has 0 aliphatic rings. The topological polar surface area (TPSA) is 80.3 Å². The number of nitrogens with zero attached hydrogens (tertiary/aromatic N) is 4. The Labute approximate surface area is 137 Å². The van der Waals surface area contributed by atoms with E-state index in [0.29, 0.717) is 0 Å². The lowest BCUT2D eigenvalue weighted by Gasteiger charge is -2.16. The number of hydrogen-bond donors (Lipinski definition) is 2. The third-order valence-electron chi connectivity index (χ3n) is 3.45. The van der Waals surface area contributed by atoms with Crippen molar-refractivity contribution in [2.75, 3.05) is 13.1 Å². The van der Waals surface area contributed by atoms with Crippen LogP contribution in [0.5, 0.6) is 0 Å². The highest BCUT2D eigenvalue weighted by Crippen LogP contribution is 2.15. The first kappa shape index (κ1) is 17.1. The maximum Gasteiger partial charge on any atom is 0.191 e. The molecule has 0 radical (unpaired) electrons. The Hall–Kier alpha value is -2.31. The second-order valence-electron chi connectivity index (χ2n) is 5.48. The van der Waals surface area contributed by atoms with Crippen LogP contribution >= 0.6 is 0 Å². The van der Waals surface area contributed by atoms with Gasteiger partial charge in [-0.25, -0.2) is 0 Å². The summed E-state index contributed by atoms with van der Waals surface area (Å²) in [7, 11) is 0. The number of rotatable bonds is 8. The molecule has 0 spiro atoms. The van der Waals surface area contributed by atoms with E-state index in [9.17, 15) is 0 Å². The summed E-state index contributed by atoms with van der Waals surface area (Å²) in [5, 5.41) is 14.2. The minimum Gasteiger partial charge on any atom is -0.464 e. The number of guanidine groups is 1. The SMILES string of the molecule is CCNC(=NCCCCn1cnnc1)NC(C)c1ccc(C)o1. The molecular formula is C16H26N6O. The summed E-state index contributed by atoms with van der Waals surface area (Å²) in [6, 6.07) is 4.05. The van der Waals surface area contributed by atoms with Crippen LogP contribution in [0.3, 0.4) is 0 Å². The summed E-state index contributed by atoms with van der Waals surface area (Å²) >= 11 is 0. The van der Waals surface area contributed by atoms with E-state index < -0.39 is 0 Å². The molecule has 2 N–H and O–H groups in total. The van der Waals surface area contributed by atoms with Crippen LogP contribution in [0.4, 0.5) is 0 Å². The maximum atomic E-state index is 5.65. The summed E-state index contributed by atoms with van der Waals surface area (Å²) in [5.41, 5.74) is 0. The van der Waals surface area contributed by atoms with Crippen molar-refractivity contribution >= 4 is 5.96 Å². The second-order valence-corrected chi connectivity index (χ2v) is 5.48. The van der Waals surface area contributed by atoms with Gasteiger partial charge in [0.1, 0.15) is 24.2 Å². The molecule has 0 saturated carbocycles. The highest BCUT2D eigenvalue weighted by atomic mass is 16.3. The van der Waals surface area contributed by atoms with Crippen molar-refractivity contribution in [2.45, 2.75) is 46.2 Å². The van der Waals surface area contributed by atoms with Gasteiger partial charge in [0.2, 0.25) is 0 Å². The van der Waals surface area contributed by atoms with Crippen molar-refractivity contribution in [2.24, 2.45) is 4.99 Å². The predicted octanol–water partition coefficient (Wildman–Crippen LogP) is 2.28. The first-order chi connectivity index (χ1) is 11.2. The standard InChI is InChI=1S/C16H26N6O/c1-4-17-16(21-14(3)15-8-7-13(2)23-15)18-9-5-6-10-22-11-19-20-12-22/h7-8,11-12,14H,4-6,9-10H2,1-3H3,(H2,17,18,21). The van der Waals surface area contributed by atoms with Gasteiger partial charge >= 0.3 is 0 Å². The van der Waals surface area contributed by atoms with Crippen LogP contribution in [0, 0.1) is 6.92 Å². The van der Waals surface area contributed by atoms with Gasteiger partial charge < -0.3 is 19.6 Å². The van der Waals surface area contributed by atoms with Crippen LogP contribution < -0.4 is 10.6 Å². The summed E-state index contributed by atoms with van der Waals surface area (Å²) in [5.74, 6) is 2.66. The van der Waals surface area contributed by atoms with Crippen LogP contribution in [0.25, 0.3) is 0 Å². The molecular weight excluding hydrogens is 292 g/mol. The van der Waals surface area contributed by atoms with Gasteiger partial charge in [-0.2, -0.15) is 0 Å². The number of hydrogen-bond acceptors (Lipinski definition) is 4. The van der Waals surface area contributed by atoms with Crippen LogP contribution in [0.15, 0.2) is 34.2 Å². The quantitative estimate of drug-likeness (QED) is 0.443. The van der Waals surface area contributed by atoms with Gasteiger partial charge in [-0.15, -0.1) is 10.2 Å². The predicted molar refractivity (Wildman–Crippen MR) is 90.2 cm³/mol. The maximum absolute atomic E-state index is 5.65. The van der Waals surface area contributed by atoms with Gasteiger partial charge in [-0.3, -0.25) is 4.99 Å². The van der Waals surface area contributed by atoms with Crippen LogP contribution in [0.2, 0.25) is 0 Å². The third-order valence-corrected chi connectivity index (χ3v) is 3.45. The molecule has 0 aliphatic carbocycles. The minimum atomic E-state index is 0.0820. The normalized spacial score (nSPS) is 13.1. The van der Waals surface area contributed by atoms with Crippen LogP contribution in [0.1, 0.15) is 44.3 Å². The molecule has 2 aromatic heterocycles. The largest absolute Gasteiger partial charge is 0.464 e. The van der Waals surface area contributed by atoms with Gasteiger partial charge in [0.25, 0.3) is 0 Å². The number of aliphatic imine (C=N–C) groups is 1. The number of aromatic nitrogens is 3. The molecule has 2 rings (SSSR count). The smallest absolute Gasteiger partial charge is 0.191 e. The van der Waals surface area contributed by atoms with E-state index in [0.717, 1.165) is 50.0 Å². The first-order valence-corrected chi connectivity index (χ1v) is 8.12. The van der Waals surface area contributed by atoms with Crippen LogP contribution in [-0.2, 0) is 6.54 Å². The molecule has 7 nitrogen and oxygen atoms in total. The van der Waals surface area contributed by atoms with E-state index in [1.54, 1.807) is 12.7 Å². The second kappa shape index (κ2) is 8.97. The molecule has 0 saturated heterocycles. The van der Waals surface area contributed by atoms with E-state index in [1.807, 2.05) is 23.6 Å². The van der Waals surface area contributed by atoms with E-state index in [-0.39, 0.29) is 6.04 Å². The molecule has 0 fully saturated rings.